The summed E-state index contributed by atoms with van der Waals surface area (Å²) in [6, 6.07) is 12.5. The number of hydrogen-bond donors (Lipinski definition) is 2. The summed E-state index contributed by atoms with van der Waals surface area (Å²) in [7, 11) is 0. The maximum absolute atomic E-state index is 12.4. The fraction of sp³-hybridized carbons (Fsp3) is 0.375. The Kier molecular flexibility index (Phi) is 6.12. The molecule has 0 spiro atoms. The number of imidazole rings is 1. The van der Waals surface area contributed by atoms with Crippen molar-refractivity contribution in [1.29, 1.82) is 0 Å². The molecule has 0 unspecified atom stereocenters. The quantitative estimate of drug-likeness (QED) is 0.550. The van der Waals surface area contributed by atoms with Gasteiger partial charge in [-0.2, -0.15) is 0 Å². The number of aryl methyl sites for hydroxylation is 2. The maximum Gasteiger partial charge on any atom is 0.252 e. The highest BCUT2D eigenvalue weighted by Gasteiger charge is 2.21. The molecule has 1 aliphatic rings. The van der Waals surface area contributed by atoms with Gasteiger partial charge in [0.2, 0.25) is 0 Å². The molecule has 1 aliphatic carbocycles. The SMILES string of the molecule is CC(C)c1nccn1CCCNC(=O)c1ccc(N[C@H]2CCc3ccccc32)nc1. The smallest absolute Gasteiger partial charge is 0.252 e. The number of aromatic nitrogens is 3. The summed E-state index contributed by atoms with van der Waals surface area (Å²) in [5, 5.41) is 6.48. The Morgan fingerprint density at radius 2 is 2.07 bits per heavy atom. The van der Waals surface area contributed by atoms with Crippen LogP contribution in [0.25, 0.3) is 0 Å². The average molecular weight is 404 g/mol. The zero-order chi connectivity index (χ0) is 20.9. The lowest BCUT2D eigenvalue weighted by Crippen LogP contribution is -2.25. The van der Waals surface area contributed by atoms with Crippen LogP contribution in [0.3, 0.4) is 0 Å². The van der Waals surface area contributed by atoms with Crippen molar-refractivity contribution in [3.8, 4) is 0 Å². The third-order valence-corrected chi connectivity index (χ3v) is 5.61. The summed E-state index contributed by atoms with van der Waals surface area (Å²) in [5.41, 5.74) is 3.33. The number of pyridine rings is 1. The van der Waals surface area contributed by atoms with E-state index in [0.29, 0.717) is 18.0 Å². The number of nitrogens with zero attached hydrogens (tertiary/aromatic N) is 3. The van der Waals surface area contributed by atoms with Gasteiger partial charge in [0.1, 0.15) is 11.6 Å². The minimum atomic E-state index is -0.0880. The van der Waals surface area contributed by atoms with E-state index in [9.17, 15) is 4.79 Å². The van der Waals surface area contributed by atoms with Crippen LogP contribution >= 0.6 is 0 Å². The normalized spacial score (nSPS) is 15.2. The molecular weight excluding hydrogens is 374 g/mol. The van der Waals surface area contributed by atoms with Crippen LogP contribution in [0.5, 0.6) is 0 Å². The van der Waals surface area contributed by atoms with Crippen molar-refractivity contribution in [1.82, 2.24) is 19.9 Å². The lowest BCUT2D eigenvalue weighted by Gasteiger charge is -2.15. The molecule has 6 heteroatoms. The molecule has 2 heterocycles. The predicted molar refractivity (Wildman–Crippen MR) is 119 cm³/mol. The highest BCUT2D eigenvalue weighted by atomic mass is 16.1. The van der Waals surface area contributed by atoms with E-state index < -0.39 is 0 Å². The molecule has 0 saturated heterocycles. The summed E-state index contributed by atoms with van der Waals surface area (Å²) in [4.78, 5) is 21.3. The van der Waals surface area contributed by atoms with Crippen molar-refractivity contribution in [2.45, 2.75) is 51.6 Å². The molecule has 6 nitrogen and oxygen atoms in total. The molecule has 0 bridgehead atoms. The number of anilines is 1. The van der Waals surface area contributed by atoms with Crippen LogP contribution in [0, 0.1) is 0 Å². The van der Waals surface area contributed by atoms with Gasteiger partial charge < -0.3 is 15.2 Å². The number of nitrogens with one attached hydrogen (secondary N) is 2. The van der Waals surface area contributed by atoms with Gasteiger partial charge in [0.05, 0.1) is 11.6 Å². The van der Waals surface area contributed by atoms with Gasteiger partial charge in [-0.05, 0) is 42.5 Å². The van der Waals surface area contributed by atoms with E-state index in [1.165, 1.54) is 11.1 Å². The Balaban J connectivity index is 1.26. The molecule has 1 amide bonds. The van der Waals surface area contributed by atoms with E-state index in [0.717, 1.165) is 37.4 Å². The summed E-state index contributed by atoms with van der Waals surface area (Å²) < 4.78 is 2.15. The maximum atomic E-state index is 12.4. The van der Waals surface area contributed by atoms with Gasteiger partial charge in [-0.1, -0.05) is 38.1 Å². The molecule has 1 aromatic carbocycles. The molecule has 3 aromatic rings. The van der Waals surface area contributed by atoms with Gasteiger partial charge in [-0.25, -0.2) is 9.97 Å². The molecule has 0 aliphatic heterocycles. The van der Waals surface area contributed by atoms with Gasteiger partial charge in [-0.3, -0.25) is 4.79 Å². The van der Waals surface area contributed by atoms with Crippen molar-refractivity contribution in [2.75, 3.05) is 11.9 Å². The summed E-state index contributed by atoms with van der Waals surface area (Å²) in [5.74, 6) is 2.19. The first-order valence-electron chi connectivity index (χ1n) is 10.7. The molecule has 30 heavy (non-hydrogen) atoms. The first kappa shape index (κ1) is 20.1. The van der Waals surface area contributed by atoms with E-state index >= 15 is 0 Å². The second-order valence-corrected chi connectivity index (χ2v) is 8.11. The van der Waals surface area contributed by atoms with Crippen LogP contribution in [0.2, 0.25) is 0 Å². The Morgan fingerprint density at radius 1 is 1.20 bits per heavy atom. The molecule has 2 N–H and O–H groups in total. The minimum Gasteiger partial charge on any atom is -0.363 e. The molecule has 0 fully saturated rings. The number of rotatable bonds is 8. The number of carbonyl (C=O) groups is 1. The Morgan fingerprint density at radius 3 is 2.87 bits per heavy atom. The predicted octanol–water partition coefficient (Wildman–Crippen LogP) is 4.32. The third-order valence-electron chi connectivity index (χ3n) is 5.61. The van der Waals surface area contributed by atoms with Crippen LogP contribution in [-0.4, -0.2) is 27.0 Å². The average Bonchev–Trinajstić information content (AvgIpc) is 3.39. The molecule has 2 aromatic heterocycles. The zero-order valence-corrected chi connectivity index (χ0v) is 17.6. The molecule has 4 rings (SSSR count). The monoisotopic (exact) mass is 403 g/mol. The second kappa shape index (κ2) is 9.11. The summed E-state index contributed by atoms with van der Waals surface area (Å²) in [6.45, 7) is 5.74. The van der Waals surface area contributed by atoms with Gasteiger partial charge in [-0.15, -0.1) is 0 Å². The lowest BCUT2D eigenvalue weighted by atomic mass is 10.1. The summed E-state index contributed by atoms with van der Waals surface area (Å²) >= 11 is 0. The van der Waals surface area contributed by atoms with Crippen molar-refractivity contribution in [2.24, 2.45) is 0 Å². The van der Waals surface area contributed by atoms with E-state index in [1.807, 2.05) is 24.5 Å². The van der Waals surface area contributed by atoms with E-state index in [2.05, 4.69) is 63.3 Å². The van der Waals surface area contributed by atoms with Crippen LogP contribution < -0.4 is 10.6 Å². The fourth-order valence-corrected chi connectivity index (χ4v) is 4.06. The standard InChI is InChI=1S/C24H29N5O/c1-17(2)23-25-13-15-29(23)14-5-12-26-24(30)19-9-11-22(27-16-19)28-21-10-8-18-6-3-4-7-20(18)21/h3-4,6-7,9,11,13,15-17,21H,5,8,10,12,14H2,1-2H3,(H,26,30)(H,27,28)/t21-/m0/s1. The largest absolute Gasteiger partial charge is 0.363 e. The Bertz CT molecular complexity index is 993. The Labute approximate surface area is 177 Å². The van der Waals surface area contributed by atoms with Crippen molar-refractivity contribution >= 4 is 11.7 Å². The van der Waals surface area contributed by atoms with Gasteiger partial charge in [0, 0.05) is 37.6 Å². The lowest BCUT2D eigenvalue weighted by molar-refractivity contribution is 0.0952. The third kappa shape index (κ3) is 4.53. The van der Waals surface area contributed by atoms with Gasteiger partial charge in [0.25, 0.3) is 5.91 Å². The molecule has 156 valence electrons. The Hall–Kier alpha value is -3.15. The number of benzene rings is 1. The van der Waals surface area contributed by atoms with Crippen LogP contribution in [0.15, 0.2) is 55.0 Å². The number of carbonyl (C=O) groups excluding carboxylic acids is 1. The first-order chi connectivity index (χ1) is 14.6. The van der Waals surface area contributed by atoms with Crippen molar-refractivity contribution in [3.63, 3.8) is 0 Å². The van der Waals surface area contributed by atoms with Crippen molar-refractivity contribution in [3.05, 3.63) is 77.5 Å². The molecular formula is C24H29N5O. The van der Waals surface area contributed by atoms with E-state index in [-0.39, 0.29) is 11.9 Å². The number of hydrogen-bond acceptors (Lipinski definition) is 4. The molecule has 0 saturated carbocycles. The van der Waals surface area contributed by atoms with Crippen LogP contribution in [-0.2, 0) is 13.0 Å². The molecule has 1 atom stereocenters. The highest BCUT2D eigenvalue weighted by Crippen LogP contribution is 2.33. The van der Waals surface area contributed by atoms with Gasteiger partial charge in [0.15, 0.2) is 0 Å². The summed E-state index contributed by atoms with van der Waals surface area (Å²) in [6.07, 6.45) is 8.49. The first-order valence-corrected chi connectivity index (χ1v) is 10.7. The zero-order valence-electron chi connectivity index (χ0n) is 17.6. The van der Waals surface area contributed by atoms with Gasteiger partial charge >= 0.3 is 0 Å². The van der Waals surface area contributed by atoms with Crippen LogP contribution in [0.4, 0.5) is 5.82 Å². The van der Waals surface area contributed by atoms with E-state index in [1.54, 1.807) is 6.20 Å². The number of fused-ring (bicyclic) bond motifs is 1. The fourth-order valence-electron chi connectivity index (χ4n) is 4.06. The van der Waals surface area contributed by atoms with Crippen LogP contribution in [0.1, 0.15) is 66.0 Å². The molecule has 0 radical (unpaired) electrons. The minimum absolute atomic E-state index is 0.0880. The topological polar surface area (TPSA) is 71.8 Å². The number of amides is 1. The second-order valence-electron chi connectivity index (χ2n) is 8.11. The van der Waals surface area contributed by atoms with Crippen molar-refractivity contribution < 1.29 is 4.79 Å². The highest BCUT2D eigenvalue weighted by molar-refractivity contribution is 5.94. The van der Waals surface area contributed by atoms with E-state index in [4.69, 9.17) is 0 Å².